The van der Waals surface area contributed by atoms with Crippen molar-refractivity contribution in [3.8, 4) is 11.5 Å². The fourth-order valence-corrected chi connectivity index (χ4v) is 2.82. The minimum atomic E-state index is -1.11. The molecule has 1 unspecified atom stereocenters. The van der Waals surface area contributed by atoms with Crippen LogP contribution in [-0.2, 0) is 30.3 Å². The molecule has 0 amide bonds. The maximum atomic E-state index is 12.8. The van der Waals surface area contributed by atoms with Crippen molar-refractivity contribution in [2.45, 2.75) is 93.2 Å². The molecule has 38 heavy (non-hydrogen) atoms. The monoisotopic (exact) mass is 537 g/mol. The van der Waals surface area contributed by atoms with E-state index in [2.05, 4.69) is 5.32 Å². The number of carboxylic acid groups (broad SMARTS) is 1. The Morgan fingerprint density at radius 2 is 1.47 bits per heavy atom. The van der Waals surface area contributed by atoms with Gasteiger partial charge < -0.3 is 29.4 Å². The van der Waals surface area contributed by atoms with Crippen LogP contribution in [0.1, 0.15) is 80.2 Å². The molecule has 0 fully saturated rings. The Morgan fingerprint density at radius 1 is 0.921 bits per heavy atom. The summed E-state index contributed by atoms with van der Waals surface area (Å²) >= 11 is 0. The van der Waals surface area contributed by atoms with Gasteiger partial charge in [-0.2, -0.15) is 0 Å². The van der Waals surface area contributed by atoms with Gasteiger partial charge >= 0.3 is 24.1 Å². The first-order valence-corrected chi connectivity index (χ1v) is 13.0. The molecular weight excluding hydrogens is 494 g/mol. The molecule has 1 rings (SSSR count). The molecule has 214 valence electrons. The van der Waals surface area contributed by atoms with E-state index in [1.165, 1.54) is 12.1 Å². The third-order valence-electron chi connectivity index (χ3n) is 6.40. The quantitative estimate of drug-likeness (QED) is 0.234. The minimum absolute atomic E-state index is 0.0265. The molecule has 0 heterocycles. The second kappa shape index (κ2) is 14.7. The Kier molecular flexibility index (Phi) is 12.7. The van der Waals surface area contributed by atoms with E-state index in [0.29, 0.717) is 24.8 Å². The first-order valence-electron chi connectivity index (χ1n) is 13.0. The highest BCUT2D eigenvalue weighted by Gasteiger charge is 2.31. The zero-order valence-corrected chi connectivity index (χ0v) is 23.8. The molecular formula is C28H43NO9. The fraction of sp³-hybridized carbons (Fsp3) is 0.643. The van der Waals surface area contributed by atoms with E-state index in [1.54, 1.807) is 40.7 Å². The van der Waals surface area contributed by atoms with Crippen LogP contribution in [0.25, 0.3) is 0 Å². The number of rotatable bonds is 15. The van der Waals surface area contributed by atoms with Gasteiger partial charge in [0.1, 0.15) is 12.1 Å². The zero-order valence-electron chi connectivity index (χ0n) is 23.8. The molecule has 2 N–H and O–H groups in total. The van der Waals surface area contributed by atoms with Crippen molar-refractivity contribution in [1.82, 2.24) is 5.32 Å². The molecule has 0 aliphatic rings. The van der Waals surface area contributed by atoms with Gasteiger partial charge in [-0.1, -0.05) is 26.8 Å². The molecule has 1 aromatic rings. The van der Waals surface area contributed by atoms with E-state index in [1.807, 2.05) is 20.8 Å². The second-order valence-corrected chi connectivity index (χ2v) is 10.6. The lowest BCUT2D eigenvalue weighted by molar-refractivity contribution is -0.147. The molecule has 0 saturated carbocycles. The van der Waals surface area contributed by atoms with Crippen molar-refractivity contribution in [2.24, 2.45) is 10.8 Å². The SMILES string of the molecule is CCCOC(=O)OC(C)CN[C@@H](Cc1ccc(OC(=O)C(C)(C)CC)c(OC(=O)C(C)(C)CC)c1)C(=O)O. The van der Waals surface area contributed by atoms with Gasteiger partial charge in [0.15, 0.2) is 11.5 Å². The van der Waals surface area contributed by atoms with Crippen molar-refractivity contribution in [3.05, 3.63) is 23.8 Å². The highest BCUT2D eigenvalue weighted by atomic mass is 16.7. The van der Waals surface area contributed by atoms with Crippen molar-refractivity contribution in [3.63, 3.8) is 0 Å². The maximum Gasteiger partial charge on any atom is 0.508 e. The number of hydrogen-bond acceptors (Lipinski definition) is 9. The highest BCUT2D eigenvalue weighted by molar-refractivity contribution is 5.81. The van der Waals surface area contributed by atoms with Gasteiger partial charge in [-0.05, 0) is 78.0 Å². The number of benzene rings is 1. The summed E-state index contributed by atoms with van der Waals surface area (Å²) < 4.78 is 21.2. The topological polar surface area (TPSA) is 137 Å². The molecule has 0 spiro atoms. The van der Waals surface area contributed by atoms with Crippen molar-refractivity contribution >= 4 is 24.1 Å². The Morgan fingerprint density at radius 3 is 1.97 bits per heavy atom. The fourth-order valence-electron chi connectivity index (χ4n) is 2.82. The minimum Gasteiger partial charge on any atom is -0.480 e. The third kappa shape index (κ3) is 10.3. The average molecular weight is 538 g/mol. The number of esters is 2. The maximum absolute atomic E-state index is 12.8. The van der Waals surface area contributed by atoms with Crippen LogP contribution in [0, 0.1) is 10.8 Å². The van der Waals surface area contributed by atoms with E-state index in [-0.39, 0.29) is 31.1 Å². The molecule has 10 nitrogen and oxygen atoms in total. The summed E-state index contributed by atoms with van der Waals surface area (Å²) in [6.07, 6.45) is 0.319. The average Bonchev–Trinajstić information content (AvgIpc) is 2.86. The smallest absolute Gasteiger partial charge is 0.480 e. The predicted octanol–water partition coefficient (Wildman–Crippen LogP) is 4.91. The van der Waals surface area contributed by atoms with E-state index >= 15 is 0 Å². The van der Waals surface area contributed by atoms with Gasteiger partial charge in [0.2, 0.25) is 0 Å². The summed E-state index contributed by atoms with van der Waals surface area (Å²) in [6.45, 7) is 14.5. The van der Waals surface area contributed by atoms with Crippen molar-refractivity contribution in [2.75, 3.05) is 13.2 Å². The van der Waals surface area contributed by atoms with Gasteiger partial charge in [0.05, 0.1) is 17.4 Å². The predicted molar refractivity (Wildman–Crippen MR) is 141 cm³/mol. The summed E-state index contributed by atoms with van der Waals surface area (Å²) in [4.78, 5) is 49.0. The van der Waals surface area contributed by atoms with Crippen LogP contribution < -0.4 is 14.8 Å². The number of carbonyl (C=O) groups is 4. The Bertz CT molecular complexity index is 971. The molecule has 10 heteroatoms. The van der Waals surface area contributed by atoms with Crippen LogP contribution in [0.4, 0.5) is 4.79 Å². The highest BCUT2D eigenvalue weighted by Crippen LogP contribution is 2.34. The van der Waals surface area contributed by atoms with E-state index in [4.69, 9.17) is 18.9 Å². The molecule has 0 aromatic heterocycles. The van der Waals surface area contributed by atoms with Crippen molar-refractivity contribution in [1.29, 1.82) is 0 Å². The Labute approximate surface area is 225 Å². The lowest BCUT2D eigenvalue weighted by Gasteiger charge is -2.24. The number of nitrogens with one attached hydrogen (secondary N) is 1. The van der Waals surface area contributed by atoms with Crippen LogP contribution >= 0.6 is 0 Å². The summed E-state index contributed by atoms with van der Waals surface area (Å²) in [5.74, 6) is -1.98. The van der Waals surface area contributed by atoms with Gasteiger partial charge in [0.25, 0.3) is 0 Å². The van der Waals surface area contributed by atoms with Crippen molar-refractivity contribution < 1.29 is 43.2 Å². The zero-order chi connectivity index (χ0) is 29.1. The molecule has 0 saturated heterocycles. The molecule has 1 aromatic carbocycles. The molecule has 0 bridgehead atoms. The van der Waals surface area contributed by atoms with Gasteiger partial charge in [-0.3, -0.25) is 14.4 Å². The van der Waals surface area contributed by atoms with Crippen LogP contribution in [0.15, 0.2) is 18.2 Å². The Balaban J connectivity index is 3.12. The summed E-state index contributed by atoms with van der Waals surface area (Å²) in [6, 6.07) is 3.58. The standard InChI is InChI=1S/C28H43NO9/c1-9-14-35-26(34)36-18(4)17-29-20(23(30)31)15-19-12-13-21(37-24(32)27(5,6)10-2)22(16-19)38-25(33)28(7,8)11-3/h12-13,16,18,20,29H,9-11,14-15,17H2,1-8H3,(H,30,31)/t18?,20-/m0/s1. The number of carbonyl (C=O) groups excluding carboxylic acids is 3. The summed E-state index contributed by atoms with van der Waals surface area (Å²) in [5.41, 5.74) is -0.991. The number of carboxylic acids is 1. The largest absolute Gasteiger partial charge is 0.508 e. The Hall–Kier alpha value is -3.14. The normalized spacial score (nSPS) is 13.3. The molecule has 2 atom stereocenters. The molecule has 0 radical (unpaired) electrons. The summed E-state index contributed by atoms with van der Waals surface area (Å²) in [7, 11) is 0. The second-order valence-electron chi connectivity index (χ2n) is 10.6. The van der Waals surface area contributed by atoms with Crippen LogP contribution in [-0.4, -0.2) is 54.5 Å². The first kappa shape index (κ1) is 32.9. The first-order chi connectivity index (χ1) is 17.7. The van der Waals surface area contributed by atoms with Crippen LogP contribution in [0.2, 0.25) is 0 Å². The van der Waals surface area contributed by atoms with Gasteiger partial charge in [-0.25, -0.2) is 4.79 Å². The number of hydrogen-bond donors (Lipinski definition) is 2. The molecule has 0 aliphatic heterocycles. The van der Waals surface area contributed by atoms with Gasteiger partial charge in [-0.15, -0.1) is 0 Å². The lowest BCUT2D eigenvalue weighted by Crippen LogP contribution is -2.42. The third-order valence-corrected chi connectivity index (χ3v) is 6.40. The van der Waals surface area contributed by atoms with E-state index in [9.17, 15) is 24.3 Å². The molecule has 0 aliphatic carbocycles. The van der Waals surface area contributed by atoms with E-state index in [0.717, 1.165) is 0 Å². The number of aliphatic carboxylic acids is 1. The van der Waals surface area contributed by atoms with Crippen LogP contribution in [0.3, 0.4) is 0 Å². The van der Waals surface area contributed by atoms with Crippen LogP contribution in [0.5, 0.6) is 11.5 Å². The van der Waals surface area contributed by atoms with E-state index < -0.39 is 47.0 Å². The van der Waals surface area contributed by atoms with Gasteiger partial charge in [0, 0.05) is 6.54 Å². The number of ether oxygens (including phenoxy) is 4. The summed E-state index contributed by atoms with van der Waals surface area (Å²) in [5, 5.41) is 12.6. The lowest BCUT2D eigenvalue weighted by atomic mass is 9.90.